The summed E-state index contributed by atoms with van der Waals surface area (Å²) in [7, 11) is 0. The maximum atomic E-state index is 6.01. The summed E-state index contributed by atoms with van der Waals surface area (Å²) in [4.78, 5) is 0. The number of aromatic nitrogens is 2. The first-order valence-electron chi connectivity index (χ1n) is 6.39. The standard InChI is InChI=1S/C12H20N4/c13-12-7-11(9-3-1-4-9)15-16(12)8-10-5-2-6-14-10/h7,9-10,14H,1-6,8,13H2/t10-/m1/s1. The van der Waals surface area contributed by atoms with Crippen LogP contribution in [0, 0.1) is 0 Å². The Balaban J connectivity index is 1.70. The molecule has 0 unspecified atom stereocenters. The largest absolute Gasteiger partial charge is 0.384 e. The van der Waals surface area contributed by atoms with Gasteiger partial charge in [0.05, 0.1) is 12.2 Å². The molecule has 16 heavy (non-hydrogen) atoms. The summed E-state index contributed by atoms with van der Waals surface area (Å²) in [6, 6.07) is 2.63. The Hall–Kier alpha value is -1.03. The van der Waals surface area contributed by atoms with Gasteiger partial charge < -0.3 is 11.1 Å². The maximum absolute atomic E-state index is 6.01. The molecule has 0 amide bonds. The van der Waals surface area contributed by atoms with Gasteiger partial charge in [0.15, 0.2) is 0 Å². The van der Waals surface area contributed by atoms with Crippen molar-refractivity contribution >= 4 is 5.82 Å². The van der Waals surface area contributed by atoms with Crippen LogP contribution in [-0.4, -0.2) is 22.4 Å². The predicted molar refractivity (Wildman–Crippen MR) is 64.3 cm³/mol. The SMILES string of the molecule is Nc1cc(C2CCC2)nn1C[C@H]1CCCN1. The van der Waals surface area contributed by atoms with Crippen LogP contribution in [0.25, 0.3) is 0 Å². The van der Waals surface area contributed by atoms with E-state index in [9.17, 15) is 0 Å². The van der Waals surface area contributed by atoms with Crippen molar-refractivity contribution in [1.29, 1.82) is 0 Å². The number of hydrogen-bond acceptors (Lipinski definition) is 3. The molecule has 1 saturated heterocycles. The second kappa shape index (κ2) is 4.09. The van der Waals surface area contributed by atoms with E-state index >= 15 is 0 Å². The number of nitrogens with two attached hydrogens (primary N) is 1. The Labute approximate surface area is 96.2 Å². The zero-order valence-electron chi connectivity index (χ0n) is 9.65. The first-order chi connectivity index (χ1) is 7.83. The topological polar surface area (TPSA) is 55.9 Å². The monoisotopic (exact) mass is 220 g/mol. The van der Waals surface area contributed by atoms with Crippen LogP contribution in [0.15, 0.2) is 6.07 Å². The second-order valence-corrected chi connectivity index (χ2v) is 5.10. The summed E-state index contributed by atoms with van der Waals surface area (Å²) < 4.78 is 1.98. The lowest BCUT2D eigenvalue weighted by atomic mass is 9.83. The molecule has 2 aliphatic rings. The van der Waals surface area contributed by atoms with Crippen molar-refractivity contribution in [2.24, 2.45) is 0 Å². The highest BCUT2D eigenvalue weighted by atomic mass is 15.3. The zero-order valence-corrected chi connectivity index (χ0v) is 9.65. The zero-order chi connectivity index (χ0) is 11.0. The average molecular weight is 220 g/mol. The molecule has 1 aliphatic carbocycles. The van der Waals surface area contributed by atoms with E-state index in [-0.39, 0.29) is 0 Å². The minimum Gasteiger partial charge on any atom is -0.384 e. The molecule has 1 aliphatic heterocycles. The molecule has 0 radical (unpaired) electrons. The van der Waals surface area contributed by atoms with E-state index in [1.165, 1.54) is 37.8 Å². The molecule has 4 nitrogen and oxygen atoms in total. The summed E-state index contributed by atoms with van der Waals surface area (Å²) in [5.41, 5.74) is 7.22. The molecular weight excluding hydrogens is 200 g/mol. The van der Waals surface area contributed by atoms with E-state index in [1.807, 2.05) is 4.68 Å². The Kier molecular flexibility index (Phi) is 2.59. The van der Waals surface area contributed by atoms with Gasteiger partial charge in [-0.3, -0.25) is 0 Å². The molecule has 0 bridgehead atoms. The van der Waals surface area contributed by atoms with Crippen molar-refractivity contribution in [1.82, 2.24) is 15.1 Å². The molecule has 3 rings (SSSR count). The van der Waals surface area contributed by atoms with E-state index in [0.717, 1.165) is 18.9 Å². The number of nitrogens with one attached hydrogen (secondary N) is 1. The van der Waals surface area contributed by atoms with E-state index in [0.29, 0.717) is 12.0 Å². The average Bonchev–Trinajstić information content (AvgIpc) is 2.76. The Morgan fingerprint density at radius 1 is 1.38 bits per heavy atom. The lowest BCUT2D eigenvalue weighted by molar-refractivity contribution is 0.400. The fraction of sp³-hybridized carbons (Fsp3) is 0.750. The van der Waals surface area contributed by atoms with Crippen LogP contribution in [0.1, 0.15) is 43.7 Å². The predicted octanol–water partition coefficient (Wildman–Crippen LogP) is 1.48. The Morgan fingerprint density at radius 3 is 2.88 bits per heavy atom. The van der Waals surface area contributed by atoms with Gasteiger partial charge in [-0.2, -0.15) is 5.10 Å². The minimum atomic E-state index is 0.566. The highest BCUT2D eigenvalue weighted by Crippen LogP contribution is 2.36. The van der Waals surface area contributed by atoms with Gasteiger partial charge in [-0.1, -0.05) is 6.42 Å². The molecule has 1 atom stereocenters. The summed E-state index contributed by atoms with van der Waals surface area (Å²) in [6.45, 7) is 2.07. The molecule has 88 valence electrons. The number of hydrogen-bond donors (Lipinski definition) is 2. The smallest absolute Gasteiger partial charge is 0.121 e. The summed E-state index contributed by atoms with van der Waals surface area (Å²) in [5, 5.41) is 8.13. The van der Waals surface area contributed by atoms with Crippen molar-refractivity contribution in [3.63, 3.8) is 0 Å². The van der Waals surface area contributed by atoms with Crippen LogP contribution in [0.5, 0.6) is 0 Å². The molecule has 1 aromatic rings. The highest BCUT2D eigenvalue weighted by molar-refractivity contribution is 5.33. The lowest BCUT2D eigenvalue weighted by Gasteiger charge is -2.22. The molecular formula is C12H20N4. The molecule has 1 aromatic heterocycles. The van der Waals surface area contributed by atoms with Gasteiger partial charge in [-0.05, 0) is 32.2 Å². The van der Waals surface area contributed by atoms with E-state index < -0.39 is 0 Å². The Morgan fingerprint density at radius 2 is 2.25 bits per heavy atom. The third-order valence-corrected chi connectivity index (χ3v) is 3.91. The molecule has 2 fully saturated rings. The van der Waals surface area contributed by atoms with Gasteiger partial charge in [-0.25, -0.2) is 4.68 Å². The van der Waals surface area contributed by atoms with E-state index in [2.05, 4.69) is 16.5 Å². The van der Waals surface area contributed by atoms with Crippen molar-refractivity contribution in [3.05, 3.63) is 11.8 Å². The van der Waals surface area contributed by atoms with Gasteiger partial charge in [0.2, 0.25) is 0 Å². The van der Waals surface area contributed by atoms with Crippen molar-refractivity contribution in [2.45, 2.75) is 50.6 Å². The van der Waals surface area contributed by atoms with Crippen LogP contribution in [0.2, 0.25) is 0 Å². The first kappa shape index (κ1) is 10.1. The summed E-state index contributed by atoms with van der Waals surface area (Å²) >= 11 is 0. The molecule has 3 N–H and O–H groups in total. The number of nitrogen functional groups attached to an aromatic ring is 1. The molecule has 4 heteroatoms. The van der Waals surface area contributed by atoms with Gasteiger partial charge in [-0.15, -0.1) is 0 Å². The van der Waals surface area contributed by atoms with Crippen molar-refractivity contribution < 1.29 is 0 Å². The summed E-state index contributed by atoms with van der Waals surface area (Å²) in [6.07, 6.45) is 6.46. The minimum absolute atomic E-state index is 0.566. The van der Waals surface area contributed by atoms with E-state index in [1.54, 1.807) is 0 Å². The van der Waals surface area contributed by atoms with E-state index in [4.69, 9.17) is 5.73 Å². The maximum Gasteiger partial charge on any atom is 0.121 e. The molecule has 0 spiro atoms. The normalized spacial score (nSPS) is 25.9. The van der Waals surface area contributed by atoms with Crippen LogP contribution < -0.4 is 11.1 Å². The molecule has 2 heterocycles. The summed E-state index contributed by atoms with van der Waals surface area (Å²) in [5.74, 6) is 1.51. The fourth-order valence-electron chi connectivity index (χ4n) is 2.62. The van der Waals surface area contributed by atoms with Crippen LogP contribution in [0.4, 0.5) is 5.82 Å². The number of anilines is 1. The van der Waals surface area contributed by atoms with Crippen molar-refractivity contribution in [2.75, 3.05) is 12.3 Å². The second-order valence-electron chi connectivity index (χ2n) is 5.10. The first-order valence-corrected chi connectivity index (χ1v) is 6.39. The third-order valence-electron chi connectivity index (χ3n) is 3.91. The van der Waals surface area contributed by atoms with Gasteiger partial charge in [0.1, 0.15) is 5.82 Å². The van der Waals surface area contributed by atoms with Gasteiger partial charge in [0.25, 0.3) is 0 Å². The van der Waals surface area contributed by atoms with Crippen LogP contribution in [0.3, 0.4) is 0 Å². The van der Waals surface area contributed by atoms with Crippen LogP contribution >= 0.6 is 0 Å². The van der Waals surface area contributed by atoms with Gasteiger partial charge in [0, 0.05) is 18.0 Å². The number of nitrogens with zero attached hydrogens (tertiary/aromatic N) is 2. The quantitative estimate of drug-likeness (QED) is 0.811. The fourth-order valence-corrected chi connectivity index (χ4v) is 2.62. The Bertz CT molecular complexity index is 361. The third kappa shape index (κ3) is 1.82. The highest BCUT2D eigenvalue weighted by Gasteiger charge is 2.24. The van der Waals surface area contributed by atoms with Gasteiger partial charge >= 0.3 is 0 Å². The lowest BCUT2D eigenvalue weighted by Crippen LogP contribution is -2.27. The molecule has 1 saturated carbocycles. The molecule has 0 aromatic carbocycles. The number of rotatable bonds is 3. The van der Waals surface area contributed by atoms with Crippen LogP contribution in [-0.2, 0) is 6.54 Å². The van der Waals surface area contributed by atoms with Crippen molar-refractivity contribution in [3.8, 4) is 0 Å².